The van der Waals surface area contributed by atoms with Gasteiger partial charge in [-0.05, 0) is 78.3 Å². The van der Waals surface area contributed by atoms with Crippen LogP contribution in [0.25, 0.3) is 0 Å². The van der Waals surface area contributed by atoms with Crippen LogP contribution in [0.4, 0.5) is 0 Å². The monoisotopic (exact) mass is 338 g/mol. The number of rotatable bonds is 5. The second-order valence-electron chi connectivity index (χ2n) is 6.24. The lowest BCUT2D eigenvalue weighted by atomic mass is 10.00. The SMILES string of the molecule is CN1CC(CN)CC1c1ccc(OCC2CC2)c(Br)c1. The van der Waals surface area contributed by atoms with Crippen LogP contribution in [0.2, 0.25) is 0 Å². The van der Waals surface area contributed by atoms with Gasteiger partial charge in [0.25, 0.3) is 0 Å². The molecule has 2 N–H and O–H groups in total. The molecule has 110 valence electrons. The van der Waals surface area contributed by atoms with Gasteiger partial charge in [0.2, 0.25) is 0 Å². The van der Waals surface area contributed by atoms with Crippen LogP contribution < -0.4 is 10.5 Å². The summed E-state index contributed by atoms with van der Waals surface area (Å²) in [6, 6.07) is 7.00. The zero-order chi connectivity index (χ0) is 14.1. The average Bonchev–Trinajstić information content (AvgIpc) is 3.19. The summed E-state index contributed by atoms with van der Waals surface area (Å²) in [5, 5.41) is 0. The molecule has 0 amide bonds. The Bertz CT molecular complexity index is 476. The van der Waals surface area contributed by atoms with Gasteiger partial charge in [-0.1, -0.05) is 6.07 Å². The van der Waals surface area contributed by atoms with Crippen molar-refractivity contribution in [2.24, 2.45) is 17.6 Å². The first kappa shape index (κ1) is 14.4. The minimum absolute atomic E-state index is 0.484. The Balaban J connectivity index is 1.69. The van der Waals surface area contributed by atoms with E-state index in [4.69, 9.17) is 10.5 Å². The van der Waals surface area contributed by atoms with Crippen molar-refractivity contribution in [1.29, 1.82) is 0 Å². The van der Waals surface area contributed by atoms with Gasteiger partial charge >= 0.3 is 0 Å². The van der Waals surface area contributed by atoms with E-state index >= 15 is 0 Å². The molecule has 2 atom stereocenters. The highest BCUT2D eigenvalue weighted by molar-refractivity contribution is 9.10. The standard InChI is InChI=1S/C16H23BrN2O/c1-19-9-12(8-18)6-15(19)13-4-5-16(14(17)7-13)20-10-11-2-3-11/h4-5,7,11-12,15H,2-3,6,8-10,18H2,1H3. The number of hydrogen-bond donors (Lipinski definition) is 1. The number of nitrogens with zero attached hydrogens (tertiary/aromatic N) is 1. The van der Waals surface area contributed by atoms with Crippen molar-refractivity contribution in [3.05, 3.63) is 28.2 Å². The lowest BCUT2D eigenvalue weighted by Crippen LogP contribution is -2.20. The number of hydrogen-bond acceptors (Lipinski definition) is 3. The van der Waals surface area contributed by atoms with Crippen molar-refractivity contribution in [3.63, 3.8) is 0 Å². The van der Waals surface area contributed by atoms with E-state index in [1.165, 1.54) is 18.4 Å². The molecular weight excluding hydrogens is 316 g/mol. The van der Waals surface area contributed by atoms with Gasteiger partial charge in [-0.25, -0.2) is 0 Å². The van der Waals surface area contributed by atoms with E-state index < -0.39 is 0 Å². The van der Waals surface area contributed by atoms with Crippen LogP contribution in [0.3, 0.4) is 0 Å². The van der Waals surface area contributed by atoms with E-state index in [9.17, 15) is 0 Å². The van der Waals surface area contributed by atoms with Crippen molar-refractivity contribution in [2.45, 2.75) is 25.3 Å². The predicted octanol–water partition coefficient (Wildman–Crippen LogP) is 3.19. The molecule has 3 rings (SSSR count). The lowest BCUT2D eigenvalue weighted by molar-refractivity contribution is 0.296. The normalized spacial score (nSPS) is 26.9. The van der Waals surface area contributed by atoms with E-state index in [-0.39, 0.29) is 0 Å². The van der Waals surface area contributed by atoms with Gasteiger partial charge in [-0.3, -0.25) is 4.90 Å². The summed E-state index contributed by atoms with van der Waals surface area (Å²) < 4.78 is 6.94. The summed E-state index contributed by atoms with van der Waals surface area (Å²) in [6.07, 6.45) is 3.80. The first-order valence-electron chi connectivity index (χ1n) is 7.50. The minimum atomic E-state index is 0.484. The molecule has 2 aliphatic rings. The minimum Gasteiger partial charge on any atom is -0.492 e. The summed E-state index contributed by atoms with van der Waals surface area (Å²) in [5.41, 5.74) is 7.16. The van der Waals surface area contributed by atoms with E-state index in [1.807, 2.05) is 0 Å². The third-order valence-electron chi connectivity index (χ3n) is 4.48. The zero-order valence-corrected chi connectivity index (χ0v) is 13.6. The first-order chi connectivity index (χ1) is 9.67. The molecule has 4 heteroatoms. The maximum Gasteiger partial charge on any atom is 0.133 e. The molecule has 1 aromatic rings. The second-order valence-corrected chi connectivity index (χ2v) is 7.09. The Morgan fingerprint density at radius 2 is 2.15 bits per heavy atom. The lowest BCUT2D eigenvalue weighted by Gasteiger charge is -2.20. The largest absolute Gasteiger partial charge is 0.492 e. The number of benzene rings is 1. The molecule has 2 unspecified atom stereocenters. The third-order valence-corrected chi connectivity index (χ3v) is 5.10. The van der Waals surface area contributed by atoms with Crippen molar-refractivity contribution in [2.75, 3.05) is 26.7 Å². The van der Waals surface area contributed by atoms with E-state index in [2.05, 4.69) is 46.1 Å². The fraction of sp³-hybridized carbons (Fsp3) is 0.625. The van der Waals surface area contributed by atoms with E-state index in [0.29, 0.717) is 12.0 Å². The number of ether oxygens (including phenoxy) is 1. The number of halogens is 1. The highest BCUT2D eigenvalue weighted by Gasteiger charge is 2.30. The van der Waals surface area contributed by atoms with Crippen LogP contribution in [0, 0.1) is 11.8 Å². The summed E-state index contributed by atoms with van der Waals surface area (Å²) in [7, 11) is 2.19. The molecule has 20 heavy (non-hydrogen) atoms. The second kappa shape index (κ2) is 6.04. The van der Waals surface area contributed by atoms with Gasteiger partial charge in [-0.2, -0.15) is 0 Å². The molecule has 1 saturated heterocycles. The summed E-state index contributed by atoms with van der Waals surface area (Å²) in [5.74, 6) is 2.37. The summed E-state index contributed by atoms with van der Waals surface area (Å²) >= 11 is 3.65. The van der Waals surface area contributed by atoms with Crippen molar-refractivity contribution in [1.82, 2.24) is 4.90 Å². The quantitative estimate of drug-likeness (QED) is 0.895. The topological polar surface area (TPSA) is 38.5 Å². The van der Waals surface area contributed by atoms with Crippen LogP contribution in [0.5, 0.6) is 5.75 Å². The smallest absolute Gasteiger partial charge is 0.133 e. The van der Waals surface area contributed by atoms with Gasteiger partial charge in [0.05, 0.1) is 11.1 Å². The van der Waals surface area contributed by atoms with Crippen LogP contribution in [-0.2, 0) is 0 Å². The van der Waals surface area contributed by atoms with E-state index in [1.54, 1.807) is 0 Å². The van der Waals surface area contributed by atoms with E-state index in [0.717, 1.165) is 42.3 Å². The zero-order valence-electron chi connectivity index (χ0n) is 12.0. The molecule has 0 spiro atoms. The van der Waals surface area contributed by atoms with Gasteiger partial charge < -0.3 is 10.5 Å². The molecule has 0 radical (unpaired) electrons. The third kappa shape index (κ3) is 3.18. The Morgan fingerprint density at radius 3 is 2.75 bits per heavy atom. The van der Waals surface area contributed by atoms with Crippen molar-refractivity contribution >= 4 is 15.9 Å². The maximum atomic E-state index is 5.87. The van der Waals surface area contributed by atoms with Crippen molar-refractivity contribution < 1.29 is 4.74 Å². The summed E-state index contributed by atoms with van der Waals surface area (Å²) in [6.45, 7) is 2.74. The van der Waals surface area contributed by atoms with Crippen LogP contribution in [0.15, 0.2) is 22.7 Å². The Kier molecular flexibility index (Phi) is 4.34. The fourth-order valence-corrected chi connectivity index (χ4v) is 3.51. The molecule has 3 nitrogen and oxygen atoms in total. The molecule has 1 heterocycles. The van der Waals surface area contributed by atoms with Crippen LogP contribution in [0.1, 0.15) is 30.9 Å². The molecule has 1 aliphatic heterocycles. The Hall–Kier alpha value is -0.580. The van der Waals surface area contributed by atoms with Crippen molar-refractivity contribution in [3.8, 4) is 5.75 Å². The van der Waals surface area contributed by atoms with Gasteiger partial charge in [0, 0.05) is 12.6 Å². The van der Waals surface area contributed by atoms with Gasteiger partial charge in [0.1, 0.15) is 5.75 Å². The molecule has 0 bridgehead atoms. The fourth-order valence-electron chi connectivity index (χ4n) is 3.00. The van der Waals surface area contributed by atoms with Crippen LogP contribution >= 0.6 is 15.9 Å². The van der Waals surface area contributed by atoms with Gasteiger partial charge in [-0.15, -0.1) is 0 Å². The van der Waals surface area contributed by atoms with Crippen LogP contribution in [-0.4, -0.2) is 31.6 Å². The summed E-state index contributed by atoms with van der Waals surface area (Å²) in [4.78, 5) is 2.41. The van der Waals surface area contributed by atoms with Gasteiger partial charge in [0.15, 0.2) is 0 Å². The molecule has 1 aliphatic carbocycles. The Morgan fingerprint density at radius 1 is 1.35 bits per heavy atom. The molecular formula is C16H23BrN2O. The average molecular weight is 339 g/mol. The maximum absolute atomic E-state index is 5.87. The molecule has 2 fully saturated rings. The predicted molar refractivity (Wildman–Crippen MR) is 84.9 cm³/mol. The number of likely N-dealkylation sites (tertiary alicyclic amines) is 1. The molecule has 1 saturated carbocycles. The highest BCUT2D eigenvalue weighted by atomic mass is 79.9. The highest BCUT2D eigenvalue weighted by Crippen LogP contribution is 2.37. The Labute approximate surface area is 129 Å². The first-order valence-corrected chi connectivity index (χ1v) is 8.29. The molecule has 0 aromatic heterocycles. The molecule has 1 aromatic carbocycles. The number of nitrogens with two attached hydrogens (primary N) is 1.